The number of hydrogen-bond donors (Lipinski definition) is 0. The lowest BCUT2D eigenvalue weighted by atomic mass is 10.1. The fourth-order valence-electron chi connectivity index (χ4n) is 6.25. The normalized spacial score (nSPS) is 14.0. The summed E-state index contributed by atoms with van der Waals surface area (Å²) in [6, 6.07) is 45.5. The molecule has 208 valence electrons. The highest BCUT2D eigenvalue weighted by Gasteiger charge is 2.25. The molecule has 0 atom stereocenters. The first-order valence-electron chi connectivity index (χ1n) is 15.9. The summed E-state index contributed by atoms with van der Waals surface area (Å²) < 4.78 is 26.7. The lowest BCUT2D eigenvalue weighted by Crippen LogP contribution is -2.24. The molecule has 1 aliphatic heterocycles. The summed E-state index contributed by atoms with van der Waals surface area (Å²) in [5.41, 5.74) is 8.79. The zero-order valence-corrected chi connectivity index (χ0v) is 23.7. The van der Waals surface area contributed by atoms with E-state index in [1.807, 2.05) is 66.9 Å². The summed E-state index contributed by atoms with van der Waals surface area (Å²) in [6.07, 6.45) is 1.86. The summed E-state index contributed by atoms with van der Waals surface area (Å²) in [6.45, 7) is 0.0729. The van der Waals surface area contributed by atoms with Crippen LogP contribution < -0.4 is 14.7 Å². The van der Waals surface area contributed by atoms with Crippen LogP contribution in [0.4, 0.5) is 34.1 Å². The quantitative estimate of drug-likeness (QED) is 0.210. The third kappa shape index (κ3) is 4.20. The Labute approximate surface area is 255 Å². The van der Waals surface area contributed by atoms with Crippen LogP contribution in [0.3, 0.4) is 0 Å². The van der Waals surface area contributed by atoms with Gasteiger partial charge in [0.15, 0.2) is 0 Å². The van der Waals surface area contributed by atoms with Crippen LogP contribution in [0, 0.1) is 6.92 Å². The van der Waals surface area contributed by atoms with Crippen molar-refractivity contribution in [1.29, 1.82) is 0 Å². The summed E-state index contributed by atoms with van der Waals surface area (Å²) in [7, 11) is 0. The monoisotopic (exact) mass is 560 g/mol. The maximum Gasteiger partial charge on any atom is 0.137 e. The fraction of sp³-hybridized carbons (Fsp3) is 0.0789. The molecule has 0 saturated carbocycles. The maximum atomic E-state index is 8.16. The highest BCUT2D eigenvalue weighted by molar-refractivity contribution is 6.10. The van der Waals surface area contributed by atoms with Crippen molar-refractivity contribution >= 4 is 55.9 Å². The average Bonchev–Trinajstić information content (AvgIpc) is 3.62. The first-order valence-corrected chi connectivity index (χ1v) is 14.4. The number of hydrogen-bond acceptors (Lipinski definition) is 4. The lowest BCUT2D eigenvalue weighted by molar-refractivity contribution is 0.949. The van der Waals surface area contributed by atoms with Crippen LogP contribution in [0.25, 0.3) is 27.6 Å². The largest absolute Gasteiger partial charge is 0.355 e. The zero-order valence-electron chi connectivity index (χ0n) is 26.7. The molecule has 0 amide bonds. The molecule has 43 heavy (non-hydrogen) atoms. The molecule has 7 aromatic rings. The van der Waals surface area contributed by atoms with Gasteiger partial charge in [-0.3, -0.25) is 4.57 Å². The molecule has 0 fully saturated rings. The van der Waals surface area contributed by atoms with Gasteiger partial charge < -0.3 is 14.7 Å². The van der Waals surface area contributed by atoms with Gasteiger partial charge in [0.05, 0.1) is 29.1 Å². The van der Waals surface area contributed by atoms with Gasteiger partial charge in [-0.15, -0.1) is 0 Å². The van der Waals surface area contributed by atoms with Crippen LogP contribution in [-0.4, -0.2) is 23.2 Å². The second-order valence-corrected chi connectivity index (χ2v) is 10.9. The number of fused-ring (bicyclic) bond motifs is 4. The van der Waals surface area contributed by atoms with Crippen LogP contribution >= 0.6 is 0 Å². The molecule has 5 aromatic carbocycles. The number of para-hydroxylation sites is 4. The molecule has 5 nitrogen and oxygen atoms in total. The van der Waals surface area contributed by atoms with Crippen LogP contribution in [0.2, 0.25) is 0 Å². The molecule has 5 heteroatoms. The van der Waals surface area contributed by atoms with Gasteiger partial charge in [-0.05, 0) is 85.3 Å². The van der Waals surface area contributed by atoms with Crippen molar-refractivity contribution in [2.75, 3.05) is 28.3 Å². The van der Waals surface area contributed by atoms with Crippen molar-refractivity contribution in [1.82, 2.24) is 9.55 Å². The van der Waals surface area contributed by atoms with Gasteiger partial charge in [-0.2, -0.15) is 0 Å². The molecular weight excluding hydrogens is 526 g/mol. The minimum Gasteiger partial charge on any atom is -0.355 e. The maximum absolute atomic E-state index is 8.16. The van der Waals surface area contributed by atoms with E-state index in [9.17, 15) is 0 Å². The van der Waals surface area contributed by atoms with Gasteiger partial charge in [0.1, 0.15) is 5.82 Å². The van der Waals surface area contributed by atoms with E-state index in [4.69, 9.17) is 9.10 Å². The summed E-state index contributed by atoms with van der Waals surface area (Å²) >= 11 is 0. The van der Waals surface area contributed by atoms with Gasteiger partial charge in [0.2, 0.25) is 0 Å². The Morgan fingerprint density at radius 2 is 1.40 bits per heavy atom. The Kier molecular flexibility index (Phi) is 5.17. The van der Waals surface area contributed by atoms with Gasteiger partial charge in [0.25, 0.3) is 0 Å². The van der Waals surface area contributed by atoms with E-state index >= 15 is 0 Å². The predicted octanol–water partition coefficient (Wildman–Crippen LogP) is 9.50. The second-order valence-electron chi connectivity index (χ2n) is 10.9. The summed E-state index contributed by atoms with van der Waals surface area (Å²) in [5, 5.41) is 2.33. The Morgan fingerprint density at radius 3 is 2.26 bits per heavy atom. The van der Waals surface area contributed by atoms with Crippen molar-refractivity contribution < 1.29 is 4.11 Å². The minimum atomic E-state index is -2.25. The molecular formula is C38H31N5. The molecule has 8 rings (SSSR count). The molecule has 0 saturated heterocycles. The highest BCUT2D eigenvalue weighted by atomic mass is 15.4. The number of aryl methyl sites for hydroxylation is 1. The molecule has 0 unspecified atom stereocenters. The van der Waals surface area contributed by atoms with Crippen LogP contribution in [0.15, 0.2) is 140 Å². The van der Waals surface area contributed by atoms with E-state index in [-0.39, 0.29) is 6.67 Å². The second kappa shape index (κ2) is 10.1. The Bertz CT molecular complexity index is 2220. The van der Waals surface area contributed by atoms with Crippen LogP contribution in [0.5, 0.6) is 0 Å². The first kappa shape index (κ1) is 22.1. The molecule has 3 heterocycles. The number of rotatable bonds is 5. The Hall–Kier alpha value is -5.55. The molecule has 0 spiro atoms. The number of anilines is 6. The fourth-order valence-corrected chi connectivity index (χ4v) is 6.25. The van der Waals surface area contributed by atoms with Gasteiger partial charge in [0, 0.05) is 50.8 Å². The summed E-state index contributed by atoms with van der Waals surface area (Å²) in [4.78, 5) is 10.6. The third-order valence-corrected chi connectivity index (χ3v) is 8.21. The molecule has 0 bridgehead atoms. The first-order chi connectivity index (χ1) is 22.4. The van der Waals surface area contributed by atoms with Crippen molar-refractivity contribution in [3.63, 3.8) is 0 Å². The van der Waals surface area contributed by atoms with E-state index in [1.165, 1.54) is 10.3 Å². The van der Waals surface area contributed by atoms with Crippen molar-refractivity contribution in [3.05, 3.63) is 145 Å². The van der Waals surface area contributed by atoms with Crippen molar-refractivity contribution in [3.8, 4) is 5.82 Å². The predicted molar refractivity (Wildman–Crippen MR) is 180 cm³/mol. The van der Waals surface area contributed by atoms with E-state index in [1.54, 1.807) is 0 Å². The van der Waals surface area contributed by atoms with Gasteiger partial charge >= 0.3 is 0 Å². The SMILES string of the molecule is [2H]C([2H])([2H])N1CN(c2cccc(N(c3ccccc3)c3ccc4c5ccccc5n(-c5cc(C)ccn5)c4c3)c2)c2ccccc21. The topological polar surface area (TPSA) is 27.5 Å². The Morgan fingerprint density at radius 1 is 0.651 bits per heavy atom. The van der Waals surface area contributed by atoms with Crippen molar-refractivity contribution in [2.24, 2.45) is 0 Å². The minimum absolute atomic E-state index is 0.236. The Balaban J connectivity index is 1.30. The molecule has 1 aliphatic rings. The zero-order chi connectivity index (χ0) is 31.4. The van der Waals surface area contributed by atoms with Gasteiger partial charge in [-0.1, -0.05) is 60.7 Å². The van der Waals surface area contributed by atoms with E-state index in [0.717, 1.165) is 56.2 Å². The molecule has 0 radical (unpaired) electrons. The number of benzene rings is 5. The number of nitrogens with zero attached hydrogens (tertiary/aromatic N) is 5. The molecule has 0 N–H and O–H groups in total. The standard InChI is InChI=1S/C38H31N5/c1-27-21-22-39-38(23-27)43-34-16-7-6-15-32(34)33-20-19-31(25-37(33)43)42(28-11-4-3-5-12-28)30-14-10-13-29(24-30)41-26-40(2)35-17-8-9-18-36(35)41/h3-25H,26H2,1-2H3/i2D3. The molecule has 2 aromatic heterocycles. The lowest BCUT2D eigenvalue weighted by Gasteiger charge is -2.27. The average molecular weight is 561 g/mol. The van der Waals surface area contributed by atoms with Crippen molar-refractivity contribution in [2.45, 2.75) is 6.92 Å². The van der Waals surface area contributed by atoms with Crippen LogP contribution in [-0.2, 0) is 0 Å². The van der Waals surface area contributed by atoms with Crippen LogP contribution in [0.1, 0.15) is 9.68 Å². The highest BCUT2D eigenvalue weighted by Crippen LogP contribution is 2.43. The number of pyridine rings is 1. The molecule has 0 aliphatic carbocycles. The van der Waals surface area contributed by atoms with Gasteiger partial charge in [-0.25, -0.2) is 4.98 Å². The number of aromatic nitrogens is 2. The van der Waals surface area contributed by atoms with E-state index in [0.29, 0.717) is 5.69 Å². The van der Waals surface area contributed by atoms with E-state index in [2.05, 4.69) is 94.1 Å². The smallest absolute Gasteiger partial charge is 0.137 e. The van der Waals surface area contributed by atoms with E-state index < -0.39 is 6.98 Å². The third-order valence-electron chi connectivity index (χ3n) is 8.21. The summed E-state index contributed by atoms with van der Waals surface area (Å²) in [5.74, 6) is 0.878.